The monoisotopic (exact) mass is 140 g/mol. The molecule has 0 spiro atoms. The van der Waals surface area contributed by atoms with Gasteiger partial charge in [0.2, 0.25) is 0 Å². The number of rotatable bonds is 3. The van der Waals surface area contributed by atoms with Crippen molar-refractivity contribution in [3.05, 3.63) is 24.3 Å². The zero-order valence-electron chi connectivity index (χ0n) is 7.02. The summed E-state index contributed by atoms with van der Waals surface area (Å²) in [5.41, 5.74) is 0.325. The van der Waals surface area contributed by atoms with Gasteiger partial charge in [-0.25, -0.2) is 0 Å². The second kappa shape index (κ2) is 3.57. The molecule has 0 bridgehead atoms. The van der Waals surface area contributed by atoms with Crippen LogP contribution in [0.25, 0.3) is 0 Å². The minimum absolute atomic E-state index is 0.692. The molecule has 1 N–H and O–H groups in total. The first-order valence-corrected chi connectivity index (χ1v) is 3.56. The molecule has 0 heterocycles. The molecule has 0 aromatic carbocycles. The lowest BCUT2D eigenvalue weighted by Crippen LogP contribution is -2.21. The van der Waals surface area contributed by atoms with E-state index in [-0.39, 0.29) is 0 Å². The molecule has 0 aromatic heterocycles. The van der Waals surface area contributed by atoms with E-state index in [1.165, 1.54) is 0 Å². The number of allylic oxidation sites excluding steroid dienone is 2. The molecule has 0 amide bonds. The Hall–Kier alpha value is -0.560. The van der Waals surface area contributed by atoms with E-state index in [9.17, 15) is 5.11 Å². The second-order valence-electron chi connectivity index (χ2n) is 2.84. The van der Waals surface area contributed by atoms with Crippen molar-refractivity contribution >= 4 is 0 Å². The van der Waals surface area contributed by atoms with Gasteiger partial charge in [0.05, 0.1) is 5.60 Å². The van der Waals surface area contributed by atoms with Gasteiger partial charge in [-0.3, -0.25) is 0 Å². The largest absolute Gasteiger partial charge is 0.386 e. The summed E-state index contributed by atoms with van der Waals surface area (Å²) in [6.45, 7) is 9.16. The van der Waals surface area contributed by atoms with Crippen LogP contribution in [0.15, 0.2) is 24.3 Å². The molecule has 0 aromatic rings. The van der Waals surface area contributed by atoms with Gasteiger partial charge in [-0.2, -0.15) is 0 Å². The summed E-state index contributed by atoms with van der Waals surface area (Å²) < 4.78 is 0. The first-order chi connectivity index (χ1) is 4.52. The third-order valence-electron chi connectivity index (χ3n) is 1.49. The van der Waals surface area contributed by atoms with Crippen LogP contribution in [-0.2, 0) is 0 Å². The van der Waals surface area contributed by atoms with Gasteiger partial charge in [0, 0.05) is 0 Å². The molecule has 0 aliphatic carbocycles. The summed E-state index contributed by atoms with van der Waals surface area (Å²) in [4.78, 5) is 0. The predicted octanol–water partition coefficient (Wildman–Crippen LogP) is 2.28. The highest BCUT2D eigenvalue weighted by atomic mass is 16.3. The van der Waals surface area contributed by atoms with E-state index in [0.717, 1.165) is 12.0 Å². The van der Waals surface area contributed by atoms with Crippen LogP contribution in [0.2, 0.25) is 0 Å². The average Bonchev–Trinajstić information content (AvgIpc) is 1.80. The molecular formula is C9H16O. The van der Waals surface area contributed by atoms with E-state index in [1.54, 1.807) is 19.9 Å². The molecule has 0 saturated heterocycles. The van der Waals surface area contributed by atoms with E-state index < -0.39 is 5.60 Å². The van der Waals surface area contributed by atoms with E-state index in [2.05, 4.69) is 6.58 Å². The highest BCUT2D eigenvalue weighted by molar-refractivity contribution is 5.18. The molecular weight excluding hydrogens is 124 g/mol. The summed E-state index contributed by atoms with van der Waals surface area (Å²) in [6.07, 6.45) is 4.44. The van der Waals surface area contributed by atoms with Gasteiger partial charge in [-0.1, -0.05) is 25.7 Å². The highest BCUT2D eigenvalue weighted by Gasteiger charge is 2.15. The van der Waals surface area contributed by atoms with Crippen LogP contribution in [0.3, 0.4) is 0 Å². The minimum Gasteiger partial charge on any atom is -0.386 e. The molecule has 58 valence electrons. The number of hydrogen-bond acceptors (Lipinski definition) is 1. The zero-order chi connectivity index (χ0) is 8.20. The second-order valence-corrected chi connectivity index (χ2v) is 2.84. The summed E-state index contributed by atoms with van der Waals surface area (Å²) in [6, 6.07) is 0. The third kappa shape index (κ3) is 2.83. The lowest BCUT2D eigenvalue weighted by Gasteiger charge is -2.19. The molecule has 1 heteroatoms. The van der Waals surface area contributed by atoms with Crippen LogP contribution < -0.4 is 0 Å². The quantitative estimate of drug-likeness (QED) is 0.596. The topological polar surface area (TPSA) is 20.2 Å². The first-order valence-electron chi connectivity index (χ1n) is 3.56. The SMILES string of the molecule is C=C/C=C(\CC)C(C)(C)O. The molecule has 0 aliphatic heterocycles. The zero-order valence-corrected chi connectivity index (χ0v) is 7.02. The fraction of sp³-hybridized carbons (Fsp3) is 0.556. The molecule has 10 heavy (non-hydrogen) atoms. The Kier molecular flexibility index (Phi) is 3.37. The summed E-state index contributed by atoms with van der Waals surface area (Å²) in [5, 5.41) is 9.49. The minimum atomic E-state index is -0.692. The molecule has 0 atom stereocenters. The number of hydrogen-bond donors (Lipinski definition) is 1. The standard InChI is InChI=1S/C9H16O/c1-5-7-8(6-2)9(3,4)10/h5,7,10H,1,6H2,2-4H3/b8-7+. The van der Waals surface area contributed by atoms with Crippen LogP contribution >= 0.6 is 0 Å². The molecule has 0 rings (SSSR count). The van der Waals surface area contributed by atoms with Crippen molar-refractivity contribution in [1.29, 1.82) is 0 Å². The molecule has 0 fully saturated rings. The Labute approximate surface area is 63.1 Å². The molecule has 1 nitrogen and oxygen atoms in total. The lowest BCUT2D eigenvalue weighted by molar-refractivity contribution is 0.116. The van der Waals surface area contributed by atoms with Crippen molar-refractivity contribution in [3.63, 3.8) is 0 Å². The van der Waals surface area contributed by atoms with Crippen molar-refractivity contribution in [2.24, 2.45) is 0 Å². The van der Waals surface area contributed by atoms with Gasteiger partial charge >= 0.3 is 0 Å². The van der Waals surface area contributed by atoms with Gasteiger partial charge in [0.25, 0.3) is 0 Å². The van der Waals surface area contributed by atoms with Crippen molar-refractivity contribution < 1.29 is 5.11 Å². The fourth-order valence-electron chi connectivity index (χ4n) is 0.897. The number of aliphatic hydroxyl groups is 1. The first kappa shape index (κ1) is 9.44. The Balaban J connectivity index is 4.35. The van der Waals surface area contributed by atoms with E-state index >= 15 is 0 Å². The van der Waals surface area contributed by atoms with Gasteiger partial charge in [-0.15, -0.1) is 0 Å². The Morgan fingerprint density at radius 1 is 1.60 bits per heavy atom. The maximum atomic E-state index is 9.49. The Morgan fingerprint density at radius 3 is 2.20 bits per heavy atom. The van der Waals surface area contributed by atoms with Crippen LogP contribution in [0.4, 0.5) is 0 Å². The van der Waals surface area contributed by atoms with Crippen molar-refractivity contribution in [2.75, 3.05) is 0 Å². The van der Waals surface area contributed by atoms with Crippen LogP contribution in [0, 0.1) is 0 Å². The normalized spacial score (nSPS) is 13.4. The van der Waals surface area contributed by atoms with Crippen LogP contribution in [0.5, 0.6) is 0 Å². The molecule has 0 unspecified atom stereocenters. The van der Waals surface area contributed by atoms with Crippen LogP contribution in [0.1, 0.15) is 27.2 Å². The molecule has 0 aliphatic rings. The maximum absolute atomic E-state index is 9.49. The van der Waals surface area contributed by atoms with E-state index in [4.69, 9.17) is 0 Å². The molecule has 0 saturated carbocycles. The Morgan fingerprint density at radius 2 is 2.10 bits per heavy atom. The third-order valence-corrected chi connectivity index (χ3v) is 1.49. The summed E-state index contributed by atoms with van der Waals surface area (Å²) in [5.74, 6) is 0. The Bertz CT molecular complexity index is 137. The maximum Gasteiger partial charge on any atom is 0.0803 e. The van der Waals surface area contributed by atoms with Gasteiger partial charge in [-0.05, 0) is 25.8 Å². The molecule has 0 radical (unpaired) electrons. The van der Waals surface area contributed by atoms with Crippen molar-refractivity contribution in [2.45, 2.75) is 32.8 Å². The summed E-state index contributed by atoms with van der Waals surface area (Å²) >= 11 is 0. The predicted molar refractivity (Wildman–Crippen MR) is 44.9 cm³/mol. The van der Waals surface area contributed by atoms with E-state index in [0.29, 0.717) is 0 Å². The smallest absolute Gasteiger partial charge is 0.0803 e. The van der Waals surface area contributed by atoms with Crippen LogP contribution in [-0.4, -0.2) is 10.7 Å². The van der Waals surface area contributed by atoms with Crippen molar-refractivity contribution in [3.8, 4) is 0 Å². The fourth-order valence-corrected chi connectivity index (χ4v) is 0.897. The highest BCUT2D eigenvalue weighted by Crippen LogP contribution is 2.18. The van der Waals surface area contributed by atoms with Gasteiger partial charge in [0.15, 0.2) is 0 Å². The van der Waals surface area contributed by atoms with Crippen molar-refractivity contribution in [1.82, 2.24) is 0 Å². The van der Waals surface area contributed by atoms with Gasteiger partial charge in [0.1, 0.15) is 0 Å². The summed E-state index contributed by atoms with van der Waals surface area (Å²) in [7, 11) is 0. The van der Waals surface area contributed by atoms with Gasteiger partial charge < -0.3 is 5.11 Å². The average molecular weight is 140 g/mol. The van der Waals surface area contributed by atoms with E-state index in [1.807, 2.05) is 13.0 Å². The lowest BCUT2D eigenvalue weighted by atomic mass is 9.96.